The monoisotopic (exact) mass is 364 g/mol. The van der Waals surface area contributed by atoms with Crippen molar-refractivity contribution in [1.82, 2.24) is 0 Å². The van der Waals surface area contributed by atoms with E-state index in [0.717, 1.165) is 0 Å². The fraction of sp³-hybridized carbons (Fsp3) is 0.650. The molecule has 0 amide bonds. The first-order valence-corrected chi connectivity index (χ1v) is 9.03. The van der Waals surface area contributed by atoms with E-state index < -0.39 is 23.3 Å². The molecule has 0 bridgehead atoms. The fourth-order valence-corrected chi connectivity index (χ4v) is 3.38. The Kier molecular flexibility index (Phi) is 6.06. The second kappa shape index (κ2) is 7.74. The van der Waals surface area contributed by atoms with Gasteiger partial charge in [-0.3, -0.25) is 4.79 Å². The van der Waals surface area contributed by atoms with Gasteiger partial charge in [-0.05, 0) is 52.0 Å². The number of ether oxygens (including phenoxy) is 2. The van der Waals surface area contributed by atoms with Crippen LogP contribution < -0.4 is 0 Å². The first-order chi connectivity index (χ1) is 12.0. The maximum atomic E-state index is 12.1. The number of ketones is 1. The minimum absolute atomic E-state index is 0.0577. The van der Waals surface area contributed by atoms with Gasteiger partial charge in [-0.1, -0.05) is 12.7 Å². The summed E-state index contributed by atoms with van der Waals surface area (Å²) in [7, 11) is 0. The van der Waals surface area contributed by atoms with Crippen molar-refractivity contribution in [1.29, 1.82) is 0 Å². The Labute approximate surface area is 154 Å². The summed E-state index contributed by atoms with van der Waals surface area (Å²) in [5.74, 6) is -0.857. The van der Waals surface area contributed by atoms with Crippen LogP contribution in [-0.2, 0) is 23.9 Å². The number of hydrogen-bond donors (Lipinski definition) is 1. The van der Waals surface area contributed by atoms with Crippen LogP contribution in [0.4, 0.5) is 0 Å². The topological polar surface area (TPSA) is 89.9 Å². The third kappa shape index (κ3) is 5.04. The second-order valence-corrected chi connectivity index (χ2v) is 7.84. The average Bonchev–Trinajstić information content (AvgIpc) is 2.87. The number of rotatable bonds is 7. The molecule has 2 rings (SSSR count). The number of carbonyl (C=O) groups excluding carboxylic acids is 3. The van der Waals surface area contributed by atoms with Crippen molar-refractivity contribution in [2.45, 2.75) is 76.6 Å². The van der Waals surface area contributed by atoms with Crippen LogP contribution in [0.3, 0.4) is 0 Å². The van der Waals surface area contributed by atoms with E-state index in [1.165, 1.54) is 6.92 Å². The van der Waals surface area contributed by atoms with Gasteiger partial charge in [-0.15, -0.1) is 0 Å². The Morgan fingerprint density at radius 2 is 2.15 bits per heavy atom. The van der Waals surface area contributed by atoms with Crippen LogP contribution in [0.25, 0.3) is 0 Å². The van der Waals surface area contributed by atoms with Crippen molar-refractivity contribution in [3.8, 4) is 0 Å². The zero-order chi connectivity index (χ0) is 19.5. The Morgan fingerprint density at radius 3 is 2.73 bits per heavy atom. The van der Waals surface area contributed by atoms with Gasteiger partial charge in [0.15, 0.2) is 0 Å². The molecule has 2 saturated heterocycles. The minimum Gasteiger partial charge on any atom is -0.456 e. The summed E-state index contributed by atoms with van der Waals surface area (Å²) in [6.07, 6.45) is 5.45. The Bertz CT molecular complexity index is 632. The van der Waals surface area contributed by atoms with Crippen molar-refractivity contribution in [3.05, 3.63) is 24.3 Å². The van der Waals surface area contributed by atoms with Crippen molar-refractivity contribution in [2.75, 3.05) is 0 Å². The highest BCUT2D eigenvalue weighted by Crippen LogP contribution is 2.35. The molecule has 0 aromatic carbocycles. The van der Waals surface area contributed by atoms with Gasteiger partial charge in [0.1, 0.15) is 23.1 Å². The molecule has 6 heteroatoms. The largest absolute Gasteiger partial charge is 0.456 e. The number of carbonyl (C=O) groups is 3. The van der Waals surface area contributed by atoms with Crippen molar-refractivity contribution in [3.63, 3.8) is 0 Å². The van der Waals surface area contributed by atoms with Gasteiger partial charge in [0, 0.05) is 24.8 Å². The van der Waals surface area contributed by atoms with Gasteiger partial charge in [-0.2, -0.15) is 0 Å². The van der Waals surface area contributed by atoms with E-state index in [0.29, 0.717) is 37.7 Å². The van der Waals surface area contributed by atoms with Crippen LogP contribution in [0, 0.1) is 5.92 Å². The lowest BCUT2D eigenvalue weighted by Gasteiger charge is -2.38. The van der Waals surface area contributed by atoms with E-state index >= 15 is 0 Å². The third-order valence-corrected chi connectivity index (χ3v) is 5.22. The number of cyclic esters (lactones) is 2. The van der Waals surface area contributed by atoms with E-state index in [9.17, 15) is 19.5 Å². The van der Waals surface area contributed by atoms with Crippen molar-refractivity contribution >= 4 is 17.7 Å². The van der Waals surface area contributed by atoms with E-state index in [1.807, 2.05) is 6.92 Å². The van der Waals surface area contributed by atoms with E-state index in [2.05, 4.69) is 6.58 Å². The molecule has 2 aliphatic heterocycles. The predicted molar refractivity (Wildman–Crippen MR) is 95.2 cm³/mol. The molecule has 0 radical (unpaired) electrons. The third-order valence-electron chi connectivity index (χ3n) is 5.22. The molecule has 2 heterocycles. The maximum absolute atomic E-state index is 12.1. The summed E-state index contributed by atoms with van der Waals surface area (Å²) in [6.45, 7) is 8.73. The molecule has 0 saturated carbocycles. The summed E-state index contributed by atoms with van der Waals surface area (Å²) in [5.41, 5.74) is -1.55. The van der Waals surface area contributed by atoms with Crippen LogP contribution in [0.5, 0.6) is 0 Å². The van der Waals surface area contributed by atoms with Gasteiger partial charge >= 0.3 is 11.9 Å². The highest BCUT2D eigenvalue weighted by Gasteiger charge is 2.42. The number of Topliss-reactive ketones (excluding diaryl/α,β-unsaturated/α-hetero) is 1. The average molecular weight is 364 g/mol. The smallest absolute Gasteiger partial charge is 0.334 e. The number of hydrogen-bond acceptors (Lipinski definition) is 6. The lowest BCUT2D eigenvalue weighted by atomic mass is 9.80. The summed E-state index contributed by atoms with van der Waals surface area (Å²) in [4.78, 5) is 34.6. The molecule has 2 aliphatic rings. The molecule has 0 spiro atoms. The quantitative estimate of drug-likeness (QED) is 0.424. The molecule has 2 fully saturated rings. The molecule has 26 heavy (non-hydrogen) atoms. The van der Waals surface area contributed by atoms with Gasteiger partial charge < -0.3 is 19.4 Å². The van der Waals surface area contributed by atoms with Crippen LogP contribution in [0.15, 0.2) is 24.3 Å². The lowest BCUT2D eigenvalue weighted by molar-refractivity contribution is -0.167. The number of aliphatic hydroxyl groups is 1. The maximum Gasteiger partial charge on any atom is 0.334 e. The van der Waals surface area contributed by atoms with Gasteiger partial charge in [0.25, 0.3) is 0 Å². The van der Waals surface area contributed by atoms with Crippen molar-refractivity contribution in [2.24, 2.45) is 5.92 Å². The number of esters is 2. The second-order valence-electron chi connectivity index (χ2n) is 7.84. The molecule has 6 nitrogen and oxygen atoms in total. The summed E-state index contributed by atoms with van der Waals surface area (Å²) in [6, 6.07) is 0. The van der Waals surface area contributed by atoms with E-state index in [-0.39, 0.29) is 24.1 Å². The summed E-state index contributed by atoms with van der Waals surface area (Å²) >= 11 is 0. The first-order valence-electron chi connectivity index (χ1n) is 9.03. The highest BCUT2D eigenvalue weighted by molar-refractivity contribution is 5.89. The molecule has 0 aromatic rings. The molecule has 0 aliphatic carbocycles. The Balaban J connectivity index is 2.00. The molecule has 4 atom stereocenters. The molecule has 1 unspecified atom stereocenters. The molecular weight excluding hydrogens is 336 g/mol. The zero-order valence-corrected chi connectivity index (χ0v) is 15.7. The minimum atomic E-state index is -1.26. The normalized spacial score (nSPS) is 31.6. The standard InChI is InChI=1S/C20H28O6/c1-13(21)6-7-15-12-16(25-18(23)14(15)2)20(4,24)10-5-9-19(3)11-8-17(22)26-19/h5,9,15-16,24H,2,6-8,10-12H2,1,3-4H3/b9-5+/t15-,16-,19?,20-/m0/s1. The summed E-state index contributed by atoms with van der Waals surface area (Å²) in [5, 5.41) is 10.8. The summed E-state index contributed by atoms with van der Waals surface area (Å²) < 4.78 is 10.6. The zero-order valence-electron chi connectivity index (χ0n) is 15.7. The molecule has 144 valence electrons. The van der Waals surface area contributed by atoms with Crippen LogP contribution in [-0.4, -0.2) is 40.1 Å². The molecular formula is C20H28O6. The lowest BCUT2D eigenvalue weighted by Crippen LogP contribution is -2.47. The van der Waals surface area contributed by atoms with Crippen LogP contribution in [0.1, 0.15) is 59.3 Å². The van der Waals surface area contributed by atoms with Gasteiger partial charge in [-0.25, -0.2) is 4.79 Å². The van der Waals surface area contributed by atoms with Crippen LogP contribution >= 0.6 is 0 Å². The highest BCUT2D eigenvalue weighted by atomic mass is 16.6. The van der Waals surface area contributed by atoms with Crippen molar-refractivity contribution < 1.29 is 29.0 Å². The fourth-order valence-electron chi connectivity index (χ4n) is 3.38. The van der Waals surface area contributed by atoms with Gasteiger partial charge in [0.2, 0.25) is 0 Å². The molecule has 1 N–H and O–H groups in total. The van der Waals surface area contributed by atoms with E-state index in [4.69, 9.17) is 9.47 Å². The first kappa shape index (κ1) is 20.4. The molecule has 0 aromatic heterocycles. The SMILES string of the molecule is C=C1C(=O)O[C@H]([C@@](C)(O)C/C=C/C2(C)CCC(=O)O2)C[C@@H]1CCC(C)=O. The van der Waals surface area contributed by atoms with E-state index in [1.54, 1.807) is 19.1 Å². The Hall–Kier alpha value is -1.95. The van der Waals surface area contributed by atoms with Crippen LogP contribution in [0.2, 0.25) is 0 Å². The van der Waals surface area contributed by atoms with Gasteiger partial charge in [0.05, 0.1) is 0 Å². The Morgan fingerprint density at radius 1 is 1.46 bits per heavy atom. The predicted octanol–water partition coefficient (Wildman–Crippen LogP) is 2.64.